The van der Waals surface area contributed by atoms with E-state index in [0.717, 1.165) is 18.3 Å². The highest BCUT2D eigenvalue weighted by Crippen LogP contribution is 2.30. The van der Waals surface area contributed by atoms with Crippen LogP contribution in [-0.4, -0.2) is 41.3 Å². The van der Waals surface area contributed by atoms with Gasteiger partial charge in [-0.1, -0.05) is 0 Å². The number of aliphatic hydroxyl groups excluding tert-OH is 1. The van der Waals surface area contributed by atoms with E-state index in [0.29, 0.717) is 5.82 Å². The minimum Gasteiger partial charge on any atom is -0.491 e. The molecule has 1 N–H and O–H groups in total. The van der Waals surface area contributed by atoms with Crippen molar-refractivity contribution in [3.05, 3.63) is 58.3 Å². The van der Waals surface area contributed by atoms with E-state index in [9.17, 15) is 28.4 Å². The van der Waals surface area contributed by atoms with Gasteiger partial charge in [0.2, 0.25) is 0 Å². The highest BCUT2D eigenvalue weighted by atomic mass is 19.4. The Kier molecular flexibility index (Phi) is 5.98. The van der Waals surface area contributed by atoms with Crippen molar-refractivity contribution in [1.29, 1.82) is 0 Å². The second kappa shape index (κ2) is 8.00. The molecule has 0 saturated carbocycles. The second-order valence-corrected chi connectivity index (χ2v) is 5.50. The van der Waals surface area contributed by atoms with E-state index in [1.807, 2.05) is 0 Å². The van der Waals surface area contributed by atoms with Gasteiger partial charge in [-0.3, -0.25) is 10.1 Å². The van der Waals surface area contributed by atoms with Crippen molar-refractivity contribution in [2.24, 2.45) is 0 Å². The highest BCUT2D eigenvalue weighted by molar-refractivity contribution is 5.42. The molecule has 10 heteroatoms. The maximum Gasteiger partial charge on any atom is 0.416 e. The molecule has 1 aromatic carbocycles. The van der Waals surface area contributed by atoms with Crippen LogP contribution < -0.4 is 9.64 Å². The second-order valence-electron chi connectivity index (χ2n) is 5.50. The zero-order valence-corrected chi connectivity index (χ0v) is 13.7. The molecule has 0 amide bonds. The molecule has 140 valence electrons. The van der Waals surface area contributed by atoms with E-state index in [1.165, 1.54) is 24.3 Å². The molecule has 0 saturated heterocycles. The fourth-order valence-electron chi connectivity index (χ4n) is 2.11. The largest absolute Gasteiger partial charge is 0.491 e. The van der Waals surface area contributed by atoms with Crippen molar-refractivity contribution < 1.29 is 27.9 Å². The average molecular weight is 371 g/mol. The van der Waals surface area contributed by atoms with Gasteiger partial charge in [0.15, 0.2) is 0 Å². The summed E-state index contributed by atoms with van der Waals surface area (Å²) in [6.45, 7) is -0.0197. The first-order valence-electron chi connectivity index (χ1n) is 7.46. The fraction of sp³-hybridized carbons (Fsp3) is 0.312. The number of pyridine rings is 1. The van der Waals surface area contributed by atoms with Crippen LogP contribution in [0.2, 0.25) is 0 Å². The molecule has 0 aliphatic carbocycles. The molecule has 0 spiro atoms. The highest BCUT2D eigenvalue weighted by Gasteiger charge is 2.30. The molecule has 0 aliphatic heterocycles. The van der Waals surface area contributed by atoms with Crippen LogP contribution in [0.5, 0.6) is 5.75 Å². The molecule has 0 radical (unpaired) electrons. The predicted octanol–water partition coefficient (Wildman–Crippen LogP) is 2.88. The zero-order valence-electron chi connectivity index (χ0n) is 13.7. The molecule has 0 fully saturated rings. The van der Waals surface area contributed by atoms with Crippen molar-refractivity contribution in [3.8, 4) is 5.75 Å². The molecule has 2 aromatic rings. The monoisotopic (exact) mass is 371 g/mol. The van der Waals surface area contributed by atoms with E-state index in [4.69, 9.17) is 4.74 Å². The minimum absolute atomic E-state index is 0.117. The molecule has 1 unspecified atom stereocenters. The lowest BCUT2D eigenvalue weighted by atomic mass is 10.2. The number of aliphatic hydroxyl groups is 1. The summed E-state index contributed by atoms with van der Waals surface area (Å²) in [5.41, 5.74) is -0.928. The molecule has 1 atom stereocenters. The molecule has 0 bridgehead atoms. The summed E-state index contributed by atoms with van der Waals surface area (Å²) >= 11 is 0. The zero-order chi connectivity index (χ0) is 19.3. The van der Waals surface area contributed by atoms with Gasteiger partial charge in [-0.05, 0) is 30.3 Å². The molecule has 1 aromatic heterocycles. The summed E-state index contributed by atoms with van der Waals surface area (Å²) in [5.74, 6) is 0.623. The number of hydrogen-bond donors (Lipinski definition) is 1. The number of nitro groups is 1. The Morgan fingerprint density at radius 3 is 2.42 bits per heavy atom. The molecule has 7 nitrogen and oxygen atoms in total. The number of anilines is 1. The number of halogens is 3. The van der Waals surface area contributed by atoms with Crippen LogP contribution in [-0.2, 0) is 6.18 Å². The van der Waals surface area contributed by atoms with E-state index in [2.05, 4.69) is 4.98 Å². The number of alkyl halides is 3. The van der Waals surface area contributed by atoms with Crippen LogP contribution >= 0.6 is 0 Å². The third-order valence-electron chi connectivity index (χ3n) is 3.44. The standard InChI is InChI=1S/C16H16F3N3O4/c1-21(15-7-4-12(8-20-15)22(24)25)9-13(23)10-26-14-5-2-11(3-6-14)16(17,18)19/h2-8,13,23H,9-10H2,1H3. The van der Waals surface area contributed by atoms with E-state index >= 15 is 0 Å². The van der Waals surface area contributed by atoms with Gasteiger partial charge in [0.05, 0.1) is 10.5 Å². The normalized spacial score (nSPS) is 12.5. The quantitative estimate of drug-likeness (QED) is 0.595. The van der Waals surface area contributed by atoms with Gasteiger partial charge in [0.25, 0.3) is 5.69 Å². The number of ether oxygens (including phenoxy) is 1. The lowest BCUT2D eigenvalue weighted by molar-refractivity contribution is -0.385. The van der Waals surface area contributed by atoms with Crippen molar-refractivity contribution in [3.63, 3.8) is 0 Å². The maximum absolute atomic E-state index is 12.5. The lowest BCUT2D eigenvalue weighted by Crippen LogP contribution is -2.33. The molecule has 2 rings (SSSR count). The van der Waals surface area contributed by atoms with Crippen LogP contribution in [0.25, 0.3) is 0 Å². The van der Waals surface area contributed by atoms with E-state index in [1.54, 1.807) is 11.9 Å². The van der Waals surface area contributed by atoms with Crippen molar-refractivity contribution in [2.45, 2.75) is 12.3 Å². The Bertz CT molecular complexity index is 736. The van der Waals surface area contributed by atoms with Gasteiger partial charge in [-0.2, -0.15) is 13.2 Å². The minimum atomic E-state index is -4.42. The molecule has 0 aliphatic rings. The van der Waals surface area contributed by atoms with Gasteiger partial charge in [-0.25, -0.2) is 4.98 Å². The number of nitrogens with zero attached hydrogens (tertiary/aromatic N) is 3. The van der Waals surface area contributed by atoms with Crippen LogP contribution in [0.1, 0.15) is 5.56 Å². The Morgan fingerprint density at radius 2 is 1.92 bits per heavy atom. The van der Waals surface area contributed by atoms with Crippen LogP contribution in [0.4, 0.5) is 24.7 Å². The maximum atomic E-state index is 12.5. The first-order valence-corrected chi connectivity index (χ1v) is 7.46. The Hall–Kier alpha value is -2.88. The number of benzene rings is 1. The Labute approximate surface area is 146 Å². The molecular formula is C16H16F3N3O4. The number of rotatable bonds is 7. The number of likely N-dealkylation sites (N-methyl/N-ethyl adjacent to an activating group) is 1. The SMILES string of the molecule is CN(CC(O)COc1ccc(C(F)(F)F)cc1)c1ccc([N+](=O)[O-])cn1. The molecular weight excluding hydrogens is 355 g/mol. The summed E-state index contributed by atoms with van der Waals surface area (Å²) < 4.78 is 42.7. The third kappa shape index (κ3) is 5.31. The lowest BCUT2D eigenvalue weighted by Gasteiger charge is -2.21. The van der Waals surface area contributed by atoms with Crippen LogP contribution in [0.3, 0.4) is 0 Å². The van der Waals surface area contributed by atoms with E-state index < -0.39 is 22.8 Å². The van der Waals surface area contributed by atoms with Gasteiger partial charge in [0.1, 0.15) is 30.5 Å². The predicted molar refractivity (Wildman–Crippen MR) is 87.1 cm³/mol. The van der Waals surface area contributed by atoms with Crippen molar-refractivity contribution >= 4 is 11.5 Å². The van der Waals surface area contributed by atoms with Crippen LogP contribution in [0.15, 0.2) is 42.6 Å². The summed E-state index contributed by atoms with van der Waals surface area (Å²) in [7, 11) is 1.63. The first kappa shape index (κ1) is 19.4. The molecule has 26 heavy (non-hydrogen) atoms. The summed E-state index contributed by atoms with van der Waals surface area (Å²) in [6.07, 6.45) is -4.26. The van der Waals surface area contributed by atoms with Gasteiger partial charge in [0, 0.05) is 19.7 Å². The number of hydrogen-bond acceptors (Lipinski definition) is 6. The van der Waals surface area contributed by atoms with Gasteiger partial charge < -0.3 is 14.7 Å². The number of aromatic nitrogens is 1. The fourth-order valence-corrected chi connectivity index (χ4v) is 2.11. The van der Waals surface area contributed by atoms with Crippen LogP contribution in [0, 0.1) is 10.1 Å². The third-order valence-corrected chi connectivity index (χ3v) is 3.44. The first-order chi connectivity index (χ1) is 12.2. The average Bonchev–Trinajstić information content (AvgIpc) is 2.59. The Morgan fingerprint density at radius 1 is 1.27 bits per heavy atom. The van der Waals surface area contributed by atoms with Crippen molar-refractivity contribution in [1.82, 2.24) is 4.98 Å². The molecule has 1 heterocycles. The summed E-state index contributed by atoms with van der Waals surface area (Å²) in [5, 5.41) is 20.6. The topological polar surface area (TPSA) is 88.7 Å². The summed E-state index contributed by atoms with van der Waals surface area (Å²) in [4.78, 5) is 15.5. The smallest absolute Gasteiger partial charge is 0.416 e. The van der Waals surface area contributed by atoms with Crippen molar-refractivity contribution in [2.75, 3.05) is 25.1 Å². The van der Waals surface area contributed by atoms with Gasteiger partial charge >= 0.3 is 6.18 Å². The Balaban J connectivity index is 1.86. The van der Waals surface area contributed by atoms with E-state index in [-0.39, 0.29) is 24.6 Å². The summed E-state index contributed by atoms with van der Waals surface area (Å²) in [6, 6.07) is 6.89. The van der Waals surface area contributed by atoms with Gasteiger partial charge in [-0.15, -0.1) is 0 Å².